The number of allylic oxidation sites excluding steroid dienone is 1. The number of hydrogen-bond acceptors (Lipinski definition) is 6. The molecule has 0 spiro atoms. The Morgan fingerprint density at radius 2 is 2.07 bits per heavy atom. The normalized spacial score (nSPS) is 11.1. The van der Waals surface area contributed by atoms with Crippen LogP contribution in [0.15, 0.2) is 75.6 Å². The minimum atomic E-state index is -0.452. The highest BCUT2D eigenvalue weighted by Gasteiger charge is 2.15. The van der Waals surface area contributed by atoms with Crippen LogP contribution in [0.1, 0.15) is 11.1 Å². The summed E-state index contributed by atoms with van der Waals surface area (Å²) in [7, 11) is 0. The molecule has 2 heterocycles. The SMILES string of the molecule is C=CCn1c(SCc2cc(=O)oc3cc(O)ccc23)nnc1-c1cccc(C)c1. The first-order valence-electron chi connectivity index (χ1n) is 9.05. The van der Waals surface area contributed by atoms with Gasteiger partial charge in [-0.05, 0) is 30.7 Å². The summed E-state index contributed by atoms with van der Waals surface area (Å²) in [5, 5.41) is 19.9. The lowest BCUT2D eigenvalue weighted by atomic mass is 10.1. The smallest absolute Gasteiger partial charge is 0.336 e. The van der Waals surface area contributed by atoms with E-state index in [0.717, 1.165) is 33.1 Å². The molecular weight excluding hydrogens is 386 g/mol. The maximum absolute atomic E-state index is 11.9. The van der Waals surface area contributed by atoms with Crippen LogP contribution in [-0.2, 0) is 12.3 Å². The van der Waals surface area contributed by atoms with Gasteiger partial charge >= 0.3 is 5.63 Å². The Morgan fingerprint density at radius 3 is 2.86 bits per heavy atom. The van der Waals surface area contributed by atoms with Gasteiger partial charge < -0.3 is 9.52 Å². The third kappa shape index (κ3) is 3.95. The van der Waals surface area contributed by atoms with E-state index in [1.54, 1.807) is 12.1 Å². The summed E-state index contributed by atoms with van der Waals surface area (Å²) >= 11 is 1.49. The van der Waals surface area contributed by atoms with Crippen molar-refractivity contribution in [1.29, 1.82) is 0 Å². The van der Waals surface area contributed by atoms with Gasteiger partial charge in [-0.3, -0.25) is 4.57 Å². The second-order valence-electron chi connectivity index (χ2n) is 6.63. The molecule has 4 aromatic rings. The van der Waals surface area contributed by atoms with Gasteiger partial charge in [-0.25, -0.2) is 4.79 Å². The van der Waals surface area contributed by atoms with Crippen molar-refractivity contribution in [3.05, 3.63) is 82.7 Å². The van der Waals surface area contributed by atoms with Crippen molar-refractivity contribution in [3.63, 3.8) is 0 Å². The maximum atomic E-state index is 11.9. The largest absolute Gasteiger partial charge is 0.508 e. The number of phenols is 1. The summed E-state index contributed by atoms with van der Waals surface area (Å²) in [5.41, 5.74) is 2.86. The van der Waals surface area contributed by atoms with Gasteiger partial charge in [0.1, 0.15) is 11.3 Å². The standard InChI is InChI=1S/C22H19N3O3S/c1-3-9-25-21(15-6-4-5-14(2)10-15)23-24-22(25)29-13-16-11-20(27)28-19-12-17(26)7-8-18(16)19/h3-8,10-12,26H,1,9,13H2,2H3. The summed E-state index contributed by atoms with van der Waals surface area (Å²) in [6, 6.07) is 14.4. The van der Waals surface area contributed by atoms with Crippen molar-refractivity contribution >= 4 is 22.7 Å². The van der Waals surface area contributed by atoms with E-state index in [0.29, 0.717) is 17.9 Å². The van der Waals surface area contributed by atoms with Crippen LogP contribution in [-0.4, -0.2) is 19.9 Å². The molecule has 0 amide bonds. The predicted molar refractivity (Wildman–Crippen MR) is 114 cm³/mol. The lowest BCUT2D eigenvalue weighted by molar-refractivity contribution is 0.473. The van der Waals surface area contributed by atoms with Crippen LogP contribution >= 0.6 is 11.8 Å². The summed E-state index contributed by atoms with van der Waals surface area (Å²) in [6.07, 6.45) is 1.81. The fourth-order valence-corrected chi connectivity index (χ4v) is 4.11. The number of aryl methyl sites for hydroxylation is 1. The Bertz CT molecular complexity index is 1260. The average Bonchev–Trinajstić information content (AvgIpc) is 3.08. The van der Waals surface area contributed by atoms with Crippen LogP contribution in [0, 0.1) is 6.92 Å². The summed E-state index contributed by atoms with van der Waals surface area (Å²) in [4.78, 5) is 11.9. The molecule has 0 unspecified atom stereocenters. The van der Waals surface area contributed by atoms with Crippen LogP contribution in [0.25, 0.3) is 22.4 Å². The third-order valence-corrected chi connectivity index (χ3v) is 5.49. The van der Waals surface area contributed by atoms with Gasteiger partial charge in [-0.15, -0.1) is 16.8 Å². The Balaban J connectivity index is 1.68. The Kier molecular flexibility index (Phi) is 5.22. The van der Waals surface area contributed by atoms with Crippen molar-refractivity contribution in [2.75, 3.05) is 0 Å². The van der Waals surface area contributed by atoms with E-state index in [1.165, 1.54) is 23.9 Å². The molecule has 0 radical (unpaired) electrons. The van der Waals surface area contributed by atoms with Gasteiger partial charge in [0, 0.05) is 35.4 Å². The van der Waals surface area contributed by atoms with Crippen LogP contribution in [0.4, 0.5) is 0 Å². The van der Waals surface area contributed by atoms with Crippen LogP contribution < -0.4 is 5.63 Å². The van der Waals surface area contributed by atoms with E-state index in [1.807, 2.05) is 35.8 Å². The van der Waals surface area contributed by atoms with E-state index >= 15 is 0 Å². The van der Waals surface area contributed by atoms with Crippen molar-refractivity contribution in [2.45, 2.75) is 24.4 Å². The first kappa shape index (κ1) is 19.0. The highest BCUT2D eigenvalue weighted by atomic mass is 32.2. The zero-order chi connectivity index (χ0) is 20.4. The van der Waals surface area contributed by atoms with E-state index < -0.39 is 5.63 Å². The van der Waals surface area contributed by atoms with Crippen molar-refractivity contribution in [1.82, 2.24) is 14.8 Å². The summed E-state index contributed by atoms with van der Waals surface area (Å²) < 4.78 is 7.21. The average molecular weight is 405 g/mol. The van der Waals surface area contributed by atoms with Crippen molar-refractivity contribution < 1.29 is 9.52 Å². The Morgan fingerprint density at radius 1 is 1.21 bits per heavy atom. The minimum absolute atomic E-state index is 0.0546. The minimum Gasteiger partial charge on any atom is -0.508 e. The number of aromatic hydroxyl groups is 1. The van der Waals surface area contributed by atoms with Gasteiger partial charge in [0.15, 0.2) is 11.0 Å². The molecule has 0 atom stereocenters. The molecule has 2 aromatic carbocycles. The summed E-state index contributed by atoms with van der Waals surface area (Å²) in [5.74, 6) is 1.34. The molecule has 2 aromatic heterocycles. The Hall–Kier alpha value is -3.32. The number of fused-ring (bicyclic) bond motifs is 1. The number of thioether (sulfide) groups is 1. The summed E-state index contributed by atoms with van der Waals surface area (Å²) in [6.45, 7) is 6.46. The fourth-order valence-electron chi connectivity index (χ4n) is 3.17. The van der Waals surface area contributed by atoms with Gasteiger partial charge in [-0.1, -0.05) is 41.6 Å². The van der Waals surface area contributed by atoms with Gasteiger partial charge in [0.05, 0.1) is 0 Å². The molecule has 7 heteroatoms. The zero-order valence-electron chi connectivity index (χ0n) is 15.8. The molecule has 146 valence electrons. The highest BCUT2D eigenvalue weighted by Crippen LogP contribution is 2.29. The van der Waals surface area contributed by atoms with Crippen LogP contribution in [0.5, 0.6) is 5.75 Å². The predicted octanol–water partition coefficient (Wildman–Crippen LogP) is 4.54. The number of aromatic nitrogens is 3. The molecule has 0 aliphatic carbocycles. The molecular formula is C22H19N3O3S. The lowest BCUT2D eigenvalue weighted by Crippen LogP contribution is -2.02. The van der Waals surface area contributed by atoms with E-state index in [-0.39, 0.29) is 5.75 Å². The molecule has 0 aliphatic rings. The topological polar surface area (TPSA) is 81.2 Å². The third-order valence-electron chi connectivity index (χ3n) is 4.48. The second kappa shape index (κ2) is 7.97. The molecule has 0 saturated heterocycles. The number of rotatable bonds is 6. The molecule has 0 saturated carbocycles. The van der Waals surface area contributed by atoms with E-state index in [2.05, 4.69) is 22.8 Å². The maximum Gasteiger partial charge on any atom is 0.336 e. The number of hydrogen-bond donors (Lipinski definition) is 1. The van der Waals surface area contributed by atoms with Crippen molar-refractivity contribution in [2.24, 2.45) is 0 Å². The molecule has 4 rings (SSSR count). The van der Waals surface area contributed by atoms with Gasteiger partial charge in [-0.2, -0.15) is 0 Å². The monoisotopic (exact) mass is 405 g/mol. The molecule has 6 nitrogen and oxygen atoms in total. The van der Waals surface area contributed by atoms with Crippen LogP contribution in [0.3, 0.4) is 0 Å². The van der Waals surface area contributed by atoms with Gasteiger partial charge in [0.25, 0.3) is 0 Å². The zero-order valence-corrected chi connectivity index (χ0v) is 16.6. The molecule has 0 bridgehead atoms. The number of benzene rings is 2. The molecule has 29 heavy (non-hydrogen) atoms. The van der Waals surface area contributed by atoms with Crippen LogP contribution in [0.2, 0.25) is 0 Å². The lowest BCUT2D eigenvalue weighted by Gasteiger charge is -2.09. The fraction of sp³-hybridized carbons (Fsp3) is 0.136. The molecule has 0 aliphatic heterocycles. The van der Waals surface area contributed by atoms with E-state index in [9.17, 15) is 9.90 Å². The van der Waals surface area contributed by atoms with Crippen molar-refractivity contribution in [3.8, 4) is 17.1 Å². The number of nitrogens with zero attached hydrogens (tertiary/aromatic N) is 3. The van der Waals surface area contributed by atoms with Gasteiger partial charge in [0.2, 0.25) is 0 Å². The second-order valence-corrected chi connectivity index (χ2v) is 7.58. The first-order valence-corrected chi connectivity index (χ1v) is 10.0. The Labute approximate surface area is 171 Å². The highest BCUT2D eigenvalue weighted by molar-refractivity contribution is 7.98. The quantitative estimate of drug-likeness (QED) is 0.288. The van der Waals surface area contributed by atoms with E-state index in [4.69, 9.17) is 4.42 Å². The molecule has 1 N–H and O–H groups in total. The number of phenolic OH excluding ortho intramolecular Hbond substituents is 1. The first-order chi connectivity index (χ1) is 14.0. The molecule has 0 fully saturated rings.